The van der Waals surface area contributed by atoms with Crippen LogP contribution in [0.2, 0.25) is 5.02 Å². The Kier molecular flexibility index (Phi) is 5.40. The molecule has 2 amide bonds. The zero-order valence-electron chi connectivity index (χ0n) is 13.9. The first-order chi connectivity index (χ1) is 12.5. The number of amides is 2. The van der Waals surface area contributed by atoms with Crippen LogP contribution in [-0.4, -0.2) is 24.4 Å². The van der Waals surface area contributed by atoms with E-state index in [2.05, 4.69) is 22.0 Å². The predicted molar refractivity (Wildman–Crippen MR) is 100.0 cm³/mol. The third kappa shape index (κ3) is 4.32. The molecule has 1 aliphatic rings. The van der Waals surface area contributed by atoms with Crippen molar-refractivity contribution in [2.45, 2.75) is 18.9 Å². The standard InChI is InChI=1S/C19H17ClN4O2/c20-14-5-6-15-16(9-14)23-17(19(26)24-15)10-18(25)22-8-7-12-1-3-13(11-21)4-2-12/h1-6,9,17,23H,7-8,10H2,(H,22,25)(H,24,26). The molecular formula is C19H17ClN4O2. The van der Waals surface area contributed by atoms with Crippen LogP contribution >= 0.6 is 11.6 Å². The minimum absolute atomic E-state index is 0.0329. The van der Waals surface area contributed by atoms with Crippen LogP contribution in [0.15, 0.2) is 42.5 Å². The lowest BCUT2D eigenvalue weighted by molar-refractivity contribution is -0.124. The fourth-order valence-electron chi connectivity index (χ4n) is 2.71. The average Bonchev–Trinajstić information content (AvgIpc) is 2.63. The van der Waals surface area contributed by atoms with Crippen LogP contribution in [0.1, 0.15) is 17.5 Å². The molecule has 0 saturated heterocycles. The van der Waals surface area contributed by atoms with E-state index in [1.165, 1.54) is 0 Å². The fraction of sp³-hybridized carbons (Fsp3) is 0.211. The second kappa shape index (κ2) is 7.89. The number of hydrogen-bond donors (Lipinski definition) is 3. The number of nitrogens with one attached hydrogen (secondary N) is 3. The molecule has 7 heteroatoms. The second-order valence-corrected chi connectivity index (χ2v) is 6.43. The lowest BCUT2D eigenvalue weighted by Gasteiger charge is -2.26. The summed E-state index contributed by atoms with van der Waals surface area (Å²) in [6.45, 7) is 0.460. The van der Waals surface area contributed by atoms with Gasteiger partial charge in [-0.05, 0) is 42.3 Å². The van der Waals surface area contributed by atoms with Crippen molar-refractivity contribution >= 4 is 34.8 Å². The molecule has 0 aromatic heterocycles. The summed E-state index contributed by atoms with van der Waals surface area (Å²) in [6, 6.07) is 13.8. The number of fused-ring (bicyclic) bond motifs is 1. The molecule has 0 aliphatic carbocycles. The molecule has 2 aromatic rings. The summed E-state index contributed by atoms with van der Waals surface area (Å²) in [5, 5.41) is 18.0. The molecule has 0 fully saturated rings. The van der Waals surface area contributed by atoms with Gasteiger partial charge in [-0.1, -0.05) is 23.7 Å². The molecule has 0 spiro atoms. The summed E-state index contributed by atoms with van der Waals surface area (Å²) in [4.78, 5) is 24.2. The average molecular weight is 369 g/mol. The molecule has 3 rings (SSSR count). The van der Waals surface area contributed by atoms with Gasteiger partial charge in [0.25, 0.3) is 0 Å². The molecule has 3 N–H and O–H groups in total. The summed E-state index contributed by atoms with van der Waals surface area (Å²) < 4.78 is 0. The van der Waals surface area contributed by atoms with Crippen LogP contribution in [0, 0.1) is 11.3 Å². The van der Waals surface area contributed by atoms with Gasteiger partial charge in [0.05, 0.1) is 29.4 Å². The number of nitriles is 1. The number of halogens is 1. The van der Waals surface area contributed by atoms with Crippen molar-refractivity contribution < 1.29 is 9.59 Å². The highest BCUT2D eigenvalue weighted by Gasteiger charge is 2.27. The van der Waals surface area contributed by atoms with Gasteiger partial charge in [-0.25, -0.2) is 0 Å². The topological polar surface area (TPSA) is 94.0 Å². The molecule has 1 aliphatic heterocycles. The van der Waals surface area contributed by atoms with Crippen LogP contribution < -0.4 is 16.0 Å². The zero-order chi connectivity index (χ0) is 18.5. The smallest absolute Gasteiger partial charge is 0.247 e. The van der Waals surface area contributed by atoms with Gasteiger partial charge in [-0.15, -0.1) is 0 Å². The van der Waals surface area contributed by atoms with Crippen LogP contribution in [-0.2, 0) is 16.0 Å². The summed E-state index contributed by atoms with van der Waals surface area (Å²) >= 11 is 5.96. The van der Waals surface area contributed by atoms with Gasteiger partial charge in [-0.3, -0.25) is 9.59 Å². The number of anilines is 2. The van der Waals surface area contributed by atoms with E-state index < -0.39 is 6.04 Å². The van der Waals surface area contributed by atoms with E-state index in [1.54, 1.807) is 30.3 Å². The normalized spacial score (nSPS) is 15.2. The molecule has 26 heavy (non-hydrogen) atoms. The summed E-state index contributed by atoms with van der Waals surface area (Å²) in [6.07, 6.45) is 0.686. The molecular weight excluding hydrogens is 352 g/mol. The number of nitrogens with zero attached hydrogens (tertiary/aromatic N) is 1. The number of carbonyl (C=O) groups excluding carboxylic acids is 2. The Balaban J connectivity index is 1.50. The molecule has 6 nitrogen and oxygen atoms in total. The first-order valence-electron chi connectivity index (χ1n) is 8.18. The van der Waals surface area contributed by atoms with Gasteiger partial charge in [0.15, 0.2) is 0 Å². The van der Waals surface area contributed by atoms with Crippen LogP contribution in [0.3, 0.4) is 0 Å². The van der Waals surface area contributed by atoms with E-state index in [0.29, 0.717) is 34.9 Å². The monoisotopic (exact) mass is 368 g/mol. The first kappa shape index (κ1) is 17.8. The van der Waals surface area contributed by atoms with Gasteiger partial charge < -0.3 is 16.0 Å². The quantitative estimate of drug-likeness (QED) is 0.756. The number of benzene rings is 2. The maximum Gasteiger partial charge on any atom is 0.247 e. The molecule has 0 radical (unpaired) electrons. The van der Waals surface area contributed by atoms with Gasteiger partial charge >= 0.3 is 0 Å². The van der Waals surface area contributed by atoms with Crippen LogP contribution in [0.5, 0.6) is 0 Å². The third-order valence-electron chi connectivity index (χ3n) is 4.09. The van der Waals surface area contributed by atoms with E-state index in [0.717, 1.165) is 5.56 Å². The highest BCUT2D eigenvalue weighted by atomic mass is 35.5. The highest BCUT2D eigenvalue weighted by Crippen LogP contribution is 2.30. The molecule has 1 atom stereocenters. The highest BCUT2D eigenvalue weighted by molar-refractivity contribution is 6.31. The minimum atomic E-state index is -0.643. The van der Waals surface area contributed by atoms with E-state index >= 15 is 0 Å². The maximum atomic E-state index is 12.1. The number of hydrogen-bond acceptors (Lipinski definition) is 4. The Labute approximate surface area is 156 Å². The van der Waals surface area contributed by atoms with Crippen molar-refractivity contribution in [3.63, 3.8) is 0 Å². The summed E-state index contributed by atoms with van der Waals surface area (Å²) in [5.41, 5.74) is 2.98. The van der Waals surface area contributed by atoms with Gasteiger partial charge in [0.1, 0.15) is 6.04 Å². The number of carbonyl (C=O) groups is 2. The van der Waals surface area contributed by atoms with Crippen molar-refractivity contribution in [3.05, 3.63) is 58.6 Å². The zero-order valence-corrected chi connectivity index (χ0v) is 14.6. The lowest BCUT2D eigenvalue weighted by atomic mass is 10.1. The minimum Gasteiger partial charge on any atom is -0.372 e. The summed E-state index contributed by atoms with van der Waals surface area (Å²) in [5.74, 6) is -0.459. The Morgan fingerprint density at radius 2 is 1.96 bits per heavy atom. The summed E-state index contributed by atoms with van der Waals surface area (Å²) in [7, 11) is 0. The maximum absolute atomic E-state index is 12.1. The van der Waals surface area contributed by atoms with Crippen LogP contribution in [0.25, 0.3) is 0 Å². The number of rotatable bonds is 5. The van der Waals surface area contributed by atoms with E-state index in [4.69, 9.17) is 16.9 Å². The second-order valence-electron chi connectivity index (χ2n) is 5.99. The molecule has 0 saturated carbocycles. The first-order valence-corrected chi connectivity index (χ1v) is 8.55. The molecule has 1 unspecified atom stereocenters. The van der Waals surface area contributed by atoms with Crippen molar-refractivity contribution in [1.82, 2.24) is 5.32 Å². The van der Waals surface area contributed by atoms with Crippen LogP contribution in [0.4, 0.5) is 11.4 Å². The largest absolute Gasteiger partial charge is 0.372 e. The Bertz CT molecular complexity index is 874. The van der Waals surface area contributed by atoms with E-state index in [9.17, 15) is 9.59 Å². The van der Waals surface area contributed by atoms with Gasteiger partial charge in [-0.2, -0.15) is 5.26 Å². The molecule has 0 bridgehead atoms. The molecule has 2 aromatic carbocycles. The lowest BCUT2D eigenvalue weighted by Crippen LogP contribution is -2.42. The SMILES string of the molecule is N#Cc1ccc(CCNC(=O)CC2Nc3cc(Cl)ccc3NC2=O)cc1. The van der Waals surface area contributed by atoms with Gasteiger partial charge in [0.2, 0.25) is 11.8 Å². The van der Waals surface area contributed by atoms with E-state index in [-0.39, 0.29) is 18.2 Å². The Morgan fingerprint density at radius 3 is 2.69 bits per heavy atom. The third-order valence-corrected chi connectivity index (χ3v) is 4.33. The van der Waals surface area contributed by atoms with Crippen molar-refractivity contribution in [1.29, 1.82) is 5.26 Å². The fourth-order valence-corrected chi connectivity index (χ4v) is 2.88. The molecule has 132 valence electrons. The predicted octanol–water partition coefficient (Wildman–Crippen LogP) is 2.69. The Morgan fingerprint density at radius 1 is 1.19 bits per heavy atom. The van der Waals surface area contributed by atoms with Crippen molar-refractivity contribution in [2.24, 2.45) is 0 Å². The van der Waals surface area contributed by atoms with Crippen molar-refractivity contribution in [2.75, 3.05) is 17.2 Å². The van der Waals surface area contributed by atoms with Crippen molar-refractivity contribution in [3.8, 4) is 6.07 Å². The molecule has 1 heterocycles. The van der Waals surface area contributed by atoms with E-state index in [1.807, 2.05) is 12.1 Å². The van der Waals surface area contributed by atoms with Gasteiger partial charge in [0, 0.05) is 11.6 Å². The Hall–Kier alpha value is -3.04.